The zero-order valence-corrected chi connectivity index (χ0v) is 9.04. The zero-order valence-electron chi connectivity index (χ0n) is 9.04. The normalized spacial score (nSPS) is 25.4. The predicted octanol–water partition coefficient (Wildman–Crippen LogP) is 1.83. The minimum Gasteiger partial charge on any atom is -0.465 e. The first kappa shape index (κ1) is 11.0. The van der Waals surface area contributed by atoms with Crippen LogP contribution < -0.4 is 5.73 Å². The van der Waals surface area contributed by atoms with Crippen LogP contribution in [0.25, 0.3) is 0 Å². The van der Waals surface area contributed by atoms with Gasteiger partial charge in [-0.3, -0.25) is 0 Å². The van der Waals surface area contributed by atoms with Crippen molar-refractivity contribution in [1.29, 1.82) is 0 Å². The van der Waals surface area contributed by atoms with Crippen molar-refractivity contribution in [2.24, 2.45) is 5.73 Å². The third kappa shape index (κ3) is 2.17. The second-order valence-corrected chi connectivity index (χ2v) is 4.19. The Hall–Kier alpha value is -1.55. The summed E-state index contributed by atoms with van der Waals surface area (Å²) < 4.78 is 0. The summed E-state index contributed by atoms with van der Waals surface area (Å²) in [5.74, 6) is 0. The van der Waals surface area contributed by atoms with E-state index in [-0.39, 0.29) is 12.1 Å². The minimum absolute atomic E-state index is 0.0950. The second-order valence-electron chi connectivity index (χ2n) is 4.19. The summed E-state index contributed by atoms with van der Waals surface area (Å²) in [7, 11) is 0. The van der Waals surface area contributed by atoms with Gasteiger partial charge in [0.1, 0.15) is 0 Å². The fraction of sp³-hybridized carbons (Fsp3) is 0.417. The molecule has 1 amide bonds. The summed E-state index contributed by atoms with van der Waals surface area (Å²) in [6, 6.07) is 9.70. The SMILES string of the molecule is NC1CCN(C(=O)O)C(c2ccccc2)C1. The molecule has 86 valence electrons. The Morgan fingerprint density at radius 2 is 2.06 bits per heavy atom. The summed E-state index contributed by atoms with van der Waals surface area (Å²) in [5, 5.41) is 9.14. The fourth-order valence-electron chi connectivity index (χ4n) is 2.21. The topological polar surface area (TPSA) is 66.6 Å². The lowest BCUT2D eigenvalue weighted by atomic mass is 9.93. The fourth-order valence-corrected chi connectivity index (χ4v) is 2.21. The molecule has 0 aliphatic carbocycles. The number of carbonyl (C=O) groups is 1. The molecule has 1 aromatic carbocycles. The van der Waals surface area contributed by atoms with Crippen LogP contribution in [0.5, 0.6) is 0 Å². The molecule has 0 spiro atoms. The van der Waals surface area contributed by atoms with Gasteiger partial charge >= 0.3 is 6.09 Å². The molecule has 1 aliphatic rings. The standard InChI is InChI=1S/C12H16N2O2/c13-10-6-7-14(12(15)16)11(8-10)9-4-2-1-3-5-9/h1-5,10-11H,6-8,13H2,(H,15,16). The Bertz CT molecular complexity index is 367. The van der Waals surface area contributed by atoms with Crippen LogP contribution in [0, 0.1) is 0 Å². The number of benzene rings is 1. The van der Waals surface area contributed by atoms with E-state index in [1.807, 2.05) is 30.3 Å². The molecule has 2 rings (SSSR count). The van der Waals surface area contributed by atoms with E-state index in [4.69, 9.17) is 10.8 Å². The average Bonchev–Trinajstić information content (AvgIpc) is 2.29. The Kier molecular flexibility index (Phi) is 3.10. The van der Waals surface area contributed by atoms with Gasteiger partial charge in [-0.25, -0.2) is 4.79 Å². The van der Waals surface area contributed by atoms with Crippen LogP contribution >= 0.6 is 0 Å². The number of rotatable bonds is 1. The highest BCUT2D eigenvalue weighted by Crippen LogP contribution is 2.30. The molecule has 3 N–H and O–H groups in total. The maximum Gasteiger partial charge on any atom is 0.407 e. The van der Waals surface area contributed by atoms with Gasteiger partial charge in [0.2, 0.25) is 0 Å². The van der Waals surface area contributed by atoms with Gasteiger partial charge in [0.05, 0.1) is 6.04 Å². The molecule has 1 heterocycles. The maximum absolute atomic E-state index is 11.1. The van der Waals surface area contributed by atoms with E-state index in [1.54, 1.807) is 0 Å². The van der Waals surface area contributed by atoms with Gasteiger partial charge in [-0.1, -0.05) is 30.3 Å². The maximum atomic E-state index is 11.1. The quantitative estimate of drug-likeness (QED) is 0.758. The van der Waals surface area contributed by atoms with Crippen molar-refractivity contribution in [3.05, 3.63) is 35.9 Å². The van der Waals surface area contributed by atoms with Crippen LogP contribution in [0.3, 0.4) is 0 Å². The van der Waals surface area contributed by atoms with E-state index >= 15 is 0 Å². The number of amides is 1. The van der Waals surface area contributed by atoms with E-state index in [9.17, 15) is 4.79 Å². The number of hydrogen-bond donors (Lipinski definition) is 2. The smallest absolute Gasteiger partial charge is 0.407 e. The van der Waals surface area contributed by atoms with E-state index in [0.29, 0.717) is 13.0 Å². The lowest BCUT2D eigenvalue weighted by molar-refractivity contribution is 0.101. The van der Waals surface area contributed by atoms with Crippen LogP contribution in [0.15, 0.2) is 30.3 Å². The molecule has 16 heavy (non-hydrogen) atoms. The van der Waals surface area contributed by atoms with Crippen LogP contribution in [-0.2, 0) is 0 Å². The first-order valence-corrected chi connectivity index (χ1v) is 5.48. The summed E-state index contributed by atoms with van der Waals surface area (Å²) in [6.45, 7) is 0.524. The Morgan fingerprint density at radius 3 is 2.69 bits per heavy atom. The van der Waals surface area contributed by atoms with Crippen LogP contribution in [-0.4, -0.2) is 28.7 Å². The van der Waals surface area contributed by atoms with Crippen LogP contribution in [0.4, 0.5) is 4.79 Å². The summed E-state index contributed by atoms with van der Waals surface area (Å²) in [4.78, 5) is 12.6. The molecular weight excluding hydrogens is 204 g/mol. The zero-order chi connectivity index (χ0) is 11.5. The highest BCUT2D eigenvalue weighted by atomic mass is 16.4. The Labute approximate surface area is 94.7 Å². The monoisotopic (exact) mass is 220 g/mol. The van der Waals surface area contributed by atoms with Crippen molar-refractivity contribution < 1.29 is 9.90 Å². The molecule has 4 nitrogen and oxygen atoms in total. The molecule has 2 unspecified atom stereocenters. The summed E-state index contributed by atoms with van der Waals surface area (Å²) >= 11 is 0. The van der Waals surface area contributed by atoms with Crippen LogP contribution in [0.2, 0.25) is 0 Å². The summed E-state index contributed by atoms with van der Waals surface area (Å²) in [5.41, 5.74) is 6.93. The number of nitrogens with two attached hydrogens (primary N) is 1. The van der Waals surface area contributed by atoms with Gasteiger partial charge in [-0.15, -0.1) is 0 Å². The Morgan fingerprint density at radius 1 is 1.38 bits per heavy atom. The van der Waals surface area contributed by atoms with Crippen molar-refractivity contribution in [1.82, 2.24) is 4.90 Å². The number of piperidine rings is 1. The van der Waals surface area contributed by atoms with Crippen molar-refractivity contribution in [2.75, 3.05) is 6.54 Å². The molecule has 0 bridgehead atoms. The van der Waals surface area contributed by atoms with Gasteiger partial charge in [-0.05, 0) is 18.4 Å². The van der Waals surface area contributed by atoms with Crippen molar-refractivity contribution in [2.45, 2.75) is 24.9 Å². The lowest BCUT2D eigenvalue weighted by Gasteiger charge is -2.36. The molecule has 0 saturated carbocycles. The molecule has 4 heteroatoms. The molecule has 1 fully saturated rings. The summed E-state index contributed by atoms with van der Waals surface area (Å²) in [6.07, 6.45) is 0.590. The highest BCUT2D eigenvalue weighted by Gasteiger charge is 2.30. The van der Waals surface area contributed by atoms with E-state index in [1.165, 1.54) is 4.90 Å². The van der Waals surface area contributed by atoms with Crippen molar-refractivity contribution >= 4 is 6.09 Å². The molecule has 1 aromatic rings. The number of nitrogens with zero attached hydrogens (tertiary/aromatic N) is 1. The van der Waals surface area contributed by atoms with E-state index < -0.39 is 6.09 Å². The van der Waals surface area contributed by atoms with Crippen molar-refractivity contribution in [3.8, 4) is 0 Å². The predicted molar refractivity (Wildman–Crippen MR) is 61.1 cm³/mol. The Balaban J connectivity index is 2.24. The van der Waals surface area contributed by atoms with Gasteiger partial charge in [0.15, 0.2) is 0 Å². The van der Waals surface area contributed by atoms with Gasteiger partial charge in [-0.2, -0.15) is 0 Å². The minimum atomic E-state index is -0.860. The second kappa shape index (κ2) is 4.53. The largest absolute Gasteiger partial charge is 0.465 e. The highest BCUT2D eigenvalue weighted by molar-refractivity contribution is 5.66. The third-order valence-corrected chi connectivity index (χ3v) is 3.07. The van der Waals surface area contributed by atoms with Crippen molar-refractivity contribution in [3.63, 3.8) is 0 Å². The molecule has 1 saturated heterocycles. The molecule has 0 radical (unpaired) electrons. The first-order chi connectivity index (χ1) is 7.68. The van der Waals surface area contributed by atoms with Gasteiger partial charge in [0, 0.05) is 12.6 Å². The number of hydrogen-bond acceptors (Lipinski definition) is 2. The number of likely N-dealkylation sites (tertiary alicyclic amines) is 1. The third-order valence-electron chi connectivity index (χ3n) is 3.07. The molecule has 0 aromatic heterocycles. The van der Waals surface area contributed by atoms with Gasteiger partial charge in [0.25, 0.3) is 0 Å². The van der Waals surface area contributed by atoms with E-state index in [0.717, 1.165) is 12.0 Å². The van der Waals surface area contributed by atoms with E-state index in [2.05, 4.69) is 0 Å². The van der Waals surface area contributed by atoms with Crippen LogP contribution in [0.1, 0.15) is 24.4 Å². The lowest BCUT2D eigenvalue weighted by Crippen LogP contribution is -2.44. The first-order valence-electron chi connectivity index (χ1n) is 5.48. The number of carboxylic acid groups (broad SMARTS) is 1. The van der Waals surface area contributed by atoms with Gasteiger partial charge < -0.3 is 15.7 Å². The molecule has 2 atom stereocenters. The molecular formula is C12H16N2O2. The molecule has 1 aliphatic heterocycles. The average molecular weight is 220 g/mol.